The summed E-state index contributed by atoms with van der Waals surface area (Å²) >= 11 is 5.30. The van der Waals surface area contributed by atoms with Crippen LogP contribution in [0.1, 0.15) is 10.4 Å². The van der Waals surface area contributed by atoms with Crippen molar-refractivity contribution in [1.82, 2.24) is 14.3 Å². The van der Waals surface area contributed by atoms with Crippen LogP contribution >= 0.6 is 24.2 Å². The summed E-state index contributed by atoms with van der Waals surface area (Å²) in [5.74, 6) is -0.166. The van der Waals surface area contributed by atoms with Gasteiger partial charge in [0.05, 0.1) is 7.11 Å². The zero-order valence-electron chi connectivity index (χ0n) is 15.8. The number of methoxy groups -OCH3 is 1. The van der Waals surface area contributed by atoms with E-state index in [0.29, 0.717) is 22.2 Å². The third-order valence-electron chi connectivity index (χ3n) is 3.78. The molecule has 2 N–H and O–H groups in total. The smallest absolute Gasteiger partial charge is 0.341 e. The summed E-state index contributed by atoms with van der Waals surface area (Å²) in [5.41, 5.74) is 0.644. The van der Waals surface area contributed by atoms with Crippen LogP contribution in [0.3, 0.4) is 0 Å². The molecule has 0 spiro atoms. The van der Waals surface area contributed by atoms with Gasteiger partial charge in [-0.15, -0.1) is 11.3 Å². The Labute approximate surface area is 179 Å². The van der Waals surface area contributed by atoms with Crippen LogP contribution in [0.25, 0.3) is 6.08 Å². The number of thiol groups is 1. The van der Waals surface area contributed by atoms with E-state index < -0.39 is 16.1 Å². The summed E-state index contributed by atoms with van der Waals surface area (Å²) in [5, 5.41) is 6.86. The van der Waals surface area contributed by atoms with E-state index in [2.05, 4.69) is 23.4 Å². The second-order valence-corrected chi connectivity index (χ2v) is 9.08. The van der Waals surface area contributed by atoms with Gasteiger partial charge < -0.3 is 15.4 Å². The molecule has 0 fully saturated rings. The first-order valence-corrected chi connectivity index (χ1v) is 11.1. The Morgan fingerprint density at radius 3 is 2.69 bits per heavy atom. The zero-order chi connectivity index (χ0) is 21.4. The number of hydrogen-bond donors (Lipinski definition) is 3. The van der Waals surface area contributed by atoms with E-state index in [4.69, 9.17) is 4.74 Å². The second-order valence-electron chi connectivity index (χ2n) is 5.68. The fourth-order valence-corrected chi connectivity index (χ4v) is 4.49. The maximum absolute atomic E-state index is 12.7. The van der Waals surface area contributed by atoms with Gasteiger partial charge in [-0.05, 0) is 54.5 Å². The quantitative estimate of drug-likeness (QED) is 0.419. The van der Waals surface area contributed by atoms with Crippen molar-refractivity contribution in [1.29, 1.82) is 0 Å². The largest absolute Gasteiger partial charge is 0.495 e. The fraction of sp³-hybridized carbons (Fsp3) is 0.222. The molecule has 0 unspecified atom stereocenters. The third kappa shape index (κ3) is 5.99. The Morgan fingerprint density at radius 1 is 1.31 bits per heavy atom. The van der Waals surface area contributed by atoms with E-state index in [1.54, 1.807) is 12.1 Å². The summed E-state index contributed by atoms with van der Waals surface area (Å²) in [6.45, 7) is 0.305. The van der Waals surface area contributed by atoms with Gasteiger partial charge in [0.25, 0.3) is 10.0 Å². The Balaban J connectivity index is 2.08. The molecule has 156 valence electrons. The van der Waals surface area contributed by atoms with E-state index in [0.717, 1.165) is 4.88 Å². The number of sulfonamides is 1. The van der Waals surface area contributed by atoms with E-state index in [1.165, 1.54) is 43.7 Å². The van der Waals surface area contributed by atoms with Crippen molar-refractivity contribution in [2.75, 3.05) is 20.7 Å². The Hall–Kier alpha value is -2.50. The van der Waals surface area contributed by atoms with Crippen molar-refractivity contribution in [3.05, 3.63) is 52.2 Å². The number of nitrogens with one attached hydrogen (secondary N) is 2. The van der Waals surface area contributed by atoms with Gasteiger partial charge in [0.15, 0.2) is 0 Å². The van der Waals surface area contributed by atoms with Crippen LogP contribution in [0.4, 0.5) is 4.79 Å². The highest BCUT2D eigenvalue weighted by molar-refractivity contribution is 8.00. The maximum atomic E-state index is 12.7. The van der Waals surface area contributed by atoms with E-state index in [9.17, 15) is 18.0 Å². The van der Waals surface area contributed by atoms with Gasteiger partial charge in [-0.3, -0.25) is 4.79 Å². The molecule has 0 saturated carbocycles. The summed E-state index contributed by atoms with van der Waals surface area (Å²) < 4.78 is 30.8. The first-order valence-electron chi connectivity index (χ1n) is 8.42. The molecular weight excluding hydrogens is 434 g/mol. The summed E-state index contributed by atoms with van der Waals surface area (Å²) in [6, 6.07) is 7.48. The standard InChI is InChI=1S/C18H21N3O5S3/c1-19-18(23)21(27)29(24,25)16-12-13(5-7-15(16)26-2)9-10-20-17(22)8-6-14-4-3-11-28-14/h3-8,11-12,27H,9-10H2,1-2H3,(H,19,23)(H,20,22)/b8-6+. The molecule has 0 saturated heterocycles. The first-order chi connectivity index (χ1) is 13.8. The third-order valence-corrected chi connectivity index (χ3v) is 6.94. The fourth-order valence-electron chi connectivity index (χ4n) is 2.31. The Bertz CT molecular complexity index is 988. The average Bonchev–Trinajstić information content (AvgIpc) is 3.24. The van der Waals surface area contributed by atoms with E-state index in [1.807, 2.05) is 17.5 Å². The molecule has 0 aliphatic rings. The van der Waals surface area contributed by atoms with Crippen LogP contribution in [0.2, 0.25) is 0 Å². The summed E-state index contributed by atoms with van der Waals surface area (Å²) in [6.07, 6.45) is 3.55. The number of thiophene rings is 1. The Kier molecular flexibility index (Phi) is 8.11. The number of benzene rings is 1. The van der Waals surface area contributed by atoms with Crippen LogP contribution in [0.5, 0.6) is 5.75 Å². The van der Waals surface area contributed by atoms with Crippen molar-refractivity contribution in [2.45, 2.75) is 11.3 Å². The SMILES string of the molecule is CNC(=O)N(S)S(=O)(=O)c1cc(CCNC(=O)/C=C/c2cccs2)ccc1OC. The van der Waals surface area contributed by atoms with Crippen LogP contribution in [0.15, 0.2) is 46.7 Å². The van der Waals surface area contributed by atoms with Crippen molar-refractivity contribution >= 4 is 52.2 Å². The maximum Gasteiger partial charge on any atom is 0.341 e. The van der Waals surface area contributed by atoms with Crippen molar-refractivity contribution in [3.8, 4) is 5.75 Å². The van der Waals surface area contributed by atoms with Crippen LogP contribution in [0, 0.1) is 0 Å². The molecule has 29 heavy (non-hydrogen) atoms. The number of hydrogen-bond acceptors (Lipinski definition) is 7. The lowest BCUT2D eigenvalue weighted by Gasteiger charge is -2.18. The number of nitrogens with zero attached hydrogens (tertiary/aromatic N) is 1. The lowest BCUT2D eigenvalue weighted by atomic mass is 10.1. The van der Waals surface area contributed by atoms with Crippen molar-refractivity contribution < 1.29 is 22.7 Å². The van der Waals surface area contributed by atoms with Crippen molar-refractivity contribution in [3.63, 3.8) is 0 Å². The number of ether oxygens (including phenoxy) is 1. The average molecular weight is 456 g/mol. The number of amides is 3. The normalized spacial score (nSPS) is 11.3. The molecule has 1 heterocycles. The Morgan fingerprint density at radius 2 is 2.07 bits per heavy atom. The number of carbonyl (C=O) groups excluding carboxylic acids is 2. The van der Waals surface area contributed by atoms with Gasteiger partial charge in [-0.1, -0.05) is 12.1 Å². The number of urea groups is 1. The predicted molar refractivity (Wildman–Crippen MR) is 116 cm³/mol. The molecule has 3 amide bonds. The van der Waals surface area contributed by atoms with Crippen LogP contribution in [-0.4, -0.2) is 44.8 Å². The molecule has 1 aromatic carbocycles. The molecule has 0 radical (unpaired) electrons. The molecule has 0 atom stereocenters. The van der Waals surface area contributed by atoms with E-state index in [-0.39, 0.29) is 16.6 Å². The molecule has 0 aliphatic heterocycles. The minimum atomic E-state index is -4.23. The summed E-state index contributed by atoms with van der Waals surface area (Å²) in [4.78, 5) is 24.3. The van der Waals surface area contributed by atoms with Crippen molar-refractivity contribution in [2.24, 2.45) is 0 Å². The lowest BCUT2D eigenvalue weighted by Crippen LogP contribution is -2.35. The molecule has 11 heteroatoms. The van der Waals surface area contributed by atoms with Gasteiger partial charge in [0.1, 0.15) is 10.6 Å². The predicted octanol–water partition coefficient (Wildman–Crippen LogP) is 2.30. The zero-order valence-corrected chi connectivity index (χ0v) is 18.3. The summed E-state index contributed by atoms with van der Waals surface area (Å²) in [7, 11) is -1.60. The lowest BCUT2D eigenvalue weighted by molar-refractivity contribution is -0.116. The van der Waals surface area contributed by atoms with Gasteiger partial charge in [-0.25, -0.2) is 4.79 Å². The van der Waals surface area contributed by atoms with Gasteiger partial charge in [-0.2, -0.15) is 12.1 Å². The molecule has 2 rings (SSSR count). The first kappa shape index (κ1) is 22.8. The van der Waals surface area contributed by atoms with Crippen LogP contribution in [-0.2, 0) is 21.2 Å². The van der Waals surface area contributed by atoms with Gasteiger partial charge >= 0.3 is 6.03 Å². The second kappa shape index (κ2) is 10.3. The molecule has 0 aliphatic carbocycles. The molecular formula is C18H21N3O5S3. The van der Waals surface area contributed by atoms with Crippen LogP contribution < -0.4 is 15.4 Å². The topological polar surface area (TPSA) is 105 Å². The minimum Gasteiger partial charge on any atom is -0.495 e. The highest BCUT2D eigenvalue weighted by Crippen LogP contribution is 2.29. The van der Waals surface area contributed by atoms with Gasteiger partial charge in [0, 0.05) is 24.5 Å². The van der Waals surface area contributed by atoms with E-state index >= 15 is 0 Å². The molecule has 1 aromatic heterocycles. The minimum absolute atomic E-state index is 0.0830. The number of carbonyl (C=O) groups is 2. The highest BCUT2D eigenvalue weighted by Gasteiger charge is 2.29. The highest BCUT2D eigenvalue weighted by atomic mass is 32.3. The van der Waals surface area contributed by atoms with Gasteiger partial charge in [0.2, 0.25) is 5.91 Å². The molecule has 8 nitrogen and oxygen atoms in total. The molecule has 0 bridgehead atoms. The number of rotatable bonds is 8. The monoisotopic (exact) mass is 455 g/mol. The molecule has 2 aromatic rings.